The van der Waals surface area contributed by atoms with Gasteiger partial charge in [0, 0.05) is 25.3 Å². The SMILES string of the molecule is O=C(c1cccc2c1OCCO2)N1CCC(n2cnc3ncccc3c2=O)CC1. The highest BCUT2D eigenvalue weighted by Gasteiger charge is 2.29. The quantitative estimate of drug-likeness (QED) is 0.663. The van der Waals surface area contributed by atoms with Crippen molar-refractivity contribution in [3.8, 4) is 11.5 Å². The molecule has 0 saturated carbocycles. The summed E-state index contributed by atoms with van der Waals surface area (Å²) in [4.78, 5) is 36.1. The molecule has 0 atom stereocenters. The highest BCUT2D eigenvalue weighted by molar-refractivity contribution is 5.98. The number of benzene rings is 1. The Hall–Kier alpha value is -3.42. The average molecular weight is 392 g/mol. The molecular weight excluding hydrogens is 372 g/mol. The van der Waals surface area contributed by atoms with Gasteiger partial charge in [0.25, 0.3) is 11.5 Å². The maximum atomic E-state index is 13.1. The Morgan fingerprint density at radius 2 is 1.86 bits per heavy atom. The fourth-order valence-corrected chi connectivity index (χ4v) is 3.99. The highest BCUT2D eigenvalue weighted by atomic mass is 16.6. The number of fused-ring (bicyclic) bond motifs is 2. The Morgan fingerprint density at radius 1 is 1.03 bits per heavy atom. The van der Waals surface area contributed by atoms with Crippen LogP contribution >= 0.6 is 0 Å². The van der Waals surface area contributed by atoms with Crippen LogP contribution in [-0.2, 0) is 0 Å². The maximum absolute atomic E-state index is 13.1. The molecule has 8 heteroatoms. The van der Waals surface area contributed by atoms with Crippen molar-refractivity contribution < 1.29 is 14.3 Å². The van der Waals surface area contributed by atoms with Crippen LogP contribution in [0.5, 0.6) is 11.5 Å². The van der Waals surface area contributed by atoms with E-state index in [0.29, 0.717) is 67.2 Å². The molecule has 2 aliphatic rings. The molecule has 0 bridgehead atoms. The summed E-state index contributed by atoms with van der Waals surface area (Å²) < 4.78 is 12.9. The van der Waals surface area contributed by atoms with Crippen molar-refractivity contribution in [2.75, 3.05) is 26.3 Å². The van der Waals surface area contributed by atoms with E-state index in [2.05, 4.69) is 9.97 Å². The Labute approximate surface area is 166 Å². The summed E-state index contributed by atoms with van der Waals surface area (Å²) in [6.45, 7) is 2.04. The minimum absolute atomic E-state index is 0.00734. The average Bonchev–Trinajstić information content (AvgIpc) is 2.79. The van der Waals surface area contributed by atoms with Crippen molar-refractivity contribution in [3.63, 3.8) is 0 Å². The van der Waals surface area contributed by atoms with Gasteiger partial charge in [0.15, 0.2) is 17.1 Å². The summed E-state index contributed by atoms with van der Waals surface area (Å²) in [5.41, 5.74) is 0.893. The Bertz CT molecular complexity index is 1130. The number of carbonyl (C=O) groups is 1. The predicted octanol–water partition coefficient (Wildman–Crippen LogP) is 2.04. The number of hydrogen-bond donors (Lipinski definition) is 0. The standard InChI is InChI=1S/C21H20N4O4/c26-20(15-3-1-5-17-18(15)29-12-11-28-17)24-9-6-14(7-10-24)25-13-23-19-16(21(25)27)4-2-8-22-19/h1-5,8,13-14H,6-7,9-12H2. The van der Waals surface area contributed by atoms with Gasteiger partial charge >= 0.3 is 0 Å². The van der Waals surface area contributed by atoms with Crippen LogP contribution in [0.25, 0.3) is 11.0 Å². The summed E-state index contributed by atoms with van der Waals surface area (Å²) in [5.74, 6) is 1.06. The lowest BCUT2D eigenvalue weighted by molar-refractivity contribution is 0.0683. The lowest BCUT2D eigenvalue weighted by Crippen LogP contribution is -2.41. The molecule has 4 heterocycles. The second-order valence-electron chi connectivity index (χ2n) is 7.18. The van der Waals surface area contributed by atoms with Crippen LogP contribution in [0.4, 0.5) is 0 Å². The molecule has 0 N–H and O–H groups in total. The van der Waals surface area contributed by atoms with E-state index in [-0.39, 0.29) is 17.5 Å². The third-order valence-corrected chi connectivity index (χ3v) is 5.50. The first kappa shape index (κ1) is 17.7. The molecule has 1 aromatic carbocycles. The zero-order valence-corrected chi connectivity index (χ0v) is 15.8. The van der Waals surface area contributed by atoms with E-state index in [4.69, 9.17) is 9.47 Å². The number of aromatic nitrogens is 3. The molecule has 0 aliphatic carbocycles. The molecule has 8 nitrogen and oxygen atoms in total. The van der Waals surface area contributed by atoms with Gasteiger partial charge in [-0.05, 0) is 37.1 Å². The van der Waals surface area contributed by atoms with Gasteiger partial charge in [0.1, 0.15) is 19.5 Å². The molecule has 2 aliphatic heterocycles. The molecule has 0 unspecified atom stereocenters. The smallest absolute Gasteiger partial charge is 0.263 e. The number of pyridine rings is 1. The Kier molecular flexibility index (Phi) is 4.38. The van der Waals surface area contributed by atoms with E-state index in [0.717, 1.165) is 0 Å². The molecule has 1 saturated heterocycles. The molecular formula is C21H20N4O4. The largest absolute Gasteiger partial charge is 0.486 e. The summed E-state index contributed by atoms with van der Waals surface area (Å²) in [6, 6.07) is 8.88. The van der Waals surface area contributed by atoms with Gasteiger partial charge in [0.2, 0.25) is 0 Å². The van der Waals surface area contributed by atoms with Gasteiger partial charge < -0.3 is 14.4 Å². The van der Waals surface area contributed by atoms with Crippen molar-refractivity contribution in [1.29, 1.82) is 0 Å². The topological polar surface area (TPSA) is 86.6 Å². The number of ether oxygens (including phenoxy) is 2. The van der Waals surface area contributed by atoms with Crippen LogP contribution in [0, 0.1) is 0 Å². The second-order valence-corrected chi connectivity index (χ2v) is 7.18. The molecule has 1 amide bonds. The molecule has 148 valence electrons. The van der Waals surface area contributed by atoms with Crippen molar-refractivity contribution in [3.05, 3.63) is 58.8 Å². The monoisotopic (exact) mass is 392 g/mol. The van der Waals surface area contributed by atoms with Crippen LogP contribution in [0.15, 0.2) is 47.7 Å². The highest BCUT2D eigenvalue weighted by Crippen LogP contribution is 2.35. The van der Waals surface area contributed by atoms with Crippen LogP contribution < -0.4 is 15.0 Å². The number of rotatable bonds is 2. The summed E-state index contributed by atoms with van der Waals surface area (Å²) in [5, 5.41) is 0.515. The van der Waals surface area contributed by atoms with Gasteiger partial charge in [0.05, 0.1) is 10.9 Å². The lowest BCUT2D eigenvalue weighted by atomic mass is 10.0. The minimum Gasteiger partial charge on any atom is -0.486 e. The first-order chi connectivity index (χ1) is 14.2. The van der Waals surface area contributed by atoms with E-state index in [1.165, 1.54) is 0 Å². The predicted molar refractivity (Wildman–Crippen MR) is 105 cm³/mol. The molecule has 0 spiro atoms. The molecule has 0 radical (unpaired) electrons. The van der Waals surface area contributed by atoms with Crippen LogP contribution in [-0.4, -0.2) is 51.6 Å². The summed E-state index contributed by atoms with van der Waals surface area (Å²) >= 11 is 0. The molecule has 5 rings (SSSR count). The fourth-order valence-electron chi connectivity index (χ4n) is 3.99. The zero-order valence-electron chi connectivity index (χ0n) is 15.8. The van der Waals surface area contributed by atoms with Crippen molar-refractivity contribution in [2.45, 2.75) is 18.9 Å². The third-order valence-electron chi connectivity index (χ3n) is 5.50. The molecule has 3 aromatic rings. The number of piperidine rings is 1. The van der Waals surface area contributed by atoms with E-state index >= 15 is 0 Å². The number of carbonyl (C=O) groups excluding carboxylic acids is 1. The molecule has 2 aromatic heterocycles. The third kappa shape index (κ3) is 3.10. The first-order valence-corrected chi connectivity index (χ1v) is 9.72. The second kappa shape index (κ2) is 7.20. The first-order valence-electron chi connectivity index (χ1n) is 9.72. The number of likely N-dealkylation sites (tertiary alicyclic amines) is 1. The van der Waals surface area contributed by atoms with Crippen LogP contribution in [0.3, 0.4) is 0 Å². The van der Waals surface area contributed by atoms with E-state index in [9.17, 15) is 9.59 Å². The van der Waals surface area contributed by atoms with Gasteiger partial charge in [-0.3, -0.25) is 14.2 Å². The van der Waals surface area contributed by atoms with Crippen LogP contribution in [0.2, 0.25) is 0 Å². The summed E-state index contributed by atoms with van der Waals surface area (Å²) in [6.07, 6.45) is 4.57. The van der Waals surface area contributed by atoms with Crippen molar-refractivity contribution >= 4 is 16.9 Å². The number of amides is 1. The molecule has 29 heavy (non-hydrogen) atoms. The van der Waals surface area contributed by atoms with Crippen molar-refractivity contribution in [2.24, 2.45) is 0 Å². The molecule has 1 fully saturated rings. The van der Waals surface area contributed by atoms with Gasteiger partial charge in [-0.2, -0.15) is 0 Å². The van der Waals surface area contributed by atoms with E-state index in [1.54, 1.807) is 35.3 Å². The van der Waals surface area contributed by atoms with E-state index < -0.39 is 0 Å². The van der Waals surface area contributed by atoms with Gasteiger partial charge in [-0.15, -0.1) is 0 Å². The number of nitrogens with zero attached hydrogens (tertiary/aromatic N) is 4. The maximum Gasteiger partial charge on any atom is 0.263 e. The Balaban J connectivity index is 1.34. The summed E-state index contributed by atoms with van der Waals surface area (Å²) in [7, 11) is 0. The lowest BCUT2D eigenvalue weighted by Gasteiger charge is -2.33. The fraction of sp³-hybridized carbons (Fsp3) is 0.333. The van der Waals surface area contributed by atoms with Gasteiger partial charge in [-0.25, -0.2) is 9.97 Å². The van der Waals surface area contributed by atoms with Crippen molar-refractivity contribution in [1.82, 2.24) is 19.4 Å². The normalized spacial score (nSPS) is 16.8. The number of hydrogen-bond acceptors (Lipinski definition) is 6. The zero-order chi connectivity index (χ0) is 19.8. The Morgan fingerprint density at radius 3 is 2.72 bits per heavy atom. The number of para-hydroxylation sites is 1. The van der Waals surface area contributed by atoms with Gasteiger partial charge in [-0.1, -0.05) is 6.07 Å². The van der Waals surface area contributed by atoms with Crippen LogP contribution in [0.1, 0.15) is 29.2 Å². The minimum atomic E-state index is -0.0874. The van der Waals surface area contributed by atoms with E-state index in [1.807, 2.05) is 17.0 Å².